The van der Waals surface area contributed by atoms with Crippen molar-refractivity contribution in [2.24, 2.45) is 5.10 Å². The average Bonchev–Trinajstić information content (AvgIpc) is 3.27. The molecule has 0 spiro atoms. The number of H-pyrrole nitrogens is 1. The number of hydrogen-bond donors (Lipinski definition) is 1. The fraction of sp³-hybridized carbons (Fsp3) is 0.368. The lowest BCUT2D eigenvalue weighted by Gasteiger charge is -2.10. The second-order valence-electron chi connectivity index (χ2n) is 6.80. The van der Waals surface area contributed by atoms with Gasteiger partial charge in [0.1, 0.15) is 16.9 Å². The minimum atomic E-state index is 0.468. The summed E-state index contributed by atoms with van der Waals surface area (Å²) in [4.78, 5) is 1.37. The van der Waals surface area contributed by atoms with Crippen LogP contribution in [0.4, 0.5) is 0 Å². The molecule has 0 bridgehead atoms. The van der Waals surface area contributed by atoms with E-state index < -0.39 is 0 Å². The number of fused-ring (bicyclic) bond motifs is 1. The minimum absolute atomic E-state index is 0.468. The molecule has 0 amide bonds. The van der Waals surface area contributed by atoms with E-state index in [9.17, 15) is 5.26 Å². The van der Waals surface area contributed by atoms with E-state index in [-0.39, 0.29) is 0 Å². The van der Waals surface area contributed by atoms with Gasteiger partial charge in [-0.05, 0) is 70.3 Å². The molecule has 3 heterocycles. The summed E-state index contributed by atoms with van der Waals surface area (Å²) in [7, 11) is 0. The zero-order valence-corrected chi connectivity index (χ0v) is 17.2. The third-order valence-corrected chi connectivity index (χ3v) is 6.60. The smallest absolute Gasteiger partial charge is 0.216 e. The number of aryl methyl sites for hydroxylation is 3. The maximum atomic E-state index is 9.79. The van der Waals surface area contributed by atoms with Gasteiger partial charge in [-0.3, -0.25) is 5.10 Å². The summed E-state index contributed by atoms with van der Waals surface area (Å²) < 4.78 is 4.26. The molecule has 0 saturated heterocycles. The Kier molecular flexibility index (Phi) is 4.58. The Morgan fingerprint density at radius 3 is 2.81 bits per heavy atom. The second kappa shape index (κ2) is 6.91. The summed E-state index contributed by atoms with van der Waals surface area (Å²) in [5.41, 5.74) is 5.26. The predicted molar refractivity (Wildman–Crippen MR) is 110 cm³/mol. The number of nitrogens with one attached hydrogen (secondary N) is 1. The van der Waals surface area contributed by atoms with Gasteiger partial charge in [0.2, 0.25) is 4.77 Å². The van der Waals surface area contributed by atoms with Crippen LogP contribution >= 0.6 is 23.6 Å². The summed E-state index contributed by atoms with van der Waals surface area (Å²) >= 11 is 6.96. The Labute approximate surface area is 166 Å². The van der Waals surface area contributed by atoms with Gasteiger partial charge < -0.3 is 4.57 Å². The predicted octanol–water partition coefficient (Wildman–Crippen LogP) is 4.35. The maximum absolute atomic E-state index is 9.79. The molecule has 0 unspecified atom stereocenters. The molecule has 8 heteroatoms. The molecule has 4 rings (SSSR count). The molecule has 0 aromatic carbocycles. The largest absolute Gasteiger partial charge is 0.308 e. The first-order valence-corrected chi connectivity index (χ1v) is 10.2. The van der Waals surface area contributed by atoms with E-state index in [0.29, 0.717) is 10.6 Å². The van der Waals surface area contributed by atoms with Gasteiger partial charge in [0, 0.05) is 21.8 Å². The van der Waals surface area contributed by atoms with Crippen molar-refractivity contribution in [3.63, 3.8) is 0 Å². The molecule has 138 valence electrons. The van der Waals surface area contributed by atoms with Gasteiger partial charge in [0.05, 0.1) is 11.8 Å². The van der Waals surface area contributed by atoms with E-state index in [0.717, 1.165) is 40.4 Å². The van der Waals surface area contributed by atoms with E-state index in [4.69, 9.17) is 12.2 Å². The zero-order chi connectivity index (χ0) is 19.1. The van der Waals surface area contributed by atoms with Crippen LogP contribution in [0, 0.1) is 36.9 Å². The Balaban J connectivity index is 1.80. The van der Waals surface area contributed by atoms with Crippen LogP contribution in [0.5, 0.6) is 0 Å². The lowest BCUT2D eigenvalue weighted by Crippen LogP contribution is -2.02. The van der Waals surface area contributed by atoms with Gasteiger partial charge in [-0.15, -0.1) is 11.3 Å². The third-order valence-electron chi connectivity index (χ3n) is 5.06. The molecule has 3 aromatic heterocycles. The first kappa shape index (κ1) is 17.9. The van der Waals surface area contributed by atoms with Crippen molar-refractivity contribution in [1.29, 1.82) is 5.26 Å². The number of rotatable bonds is 3. The molecule has 1 aliphatic carbocycles. The van der Waals surface area contributed by atoms with Gasteiger partial charge >= 0.3 is 0 Å². The number of aromatic amines is 1. The third kappa shape index (κ3) is 2.97. The van der Waals surface area contributed by atoms with Crippen LogP contribution in [-0.2, 0) is 12.8 Å². The number of aromatic nitrogens is 4. The van der Waals surface area contributed by atoms with Crippen LogP contribution < -0.4 is 0 Å². The van der Waals surface area contributed by atoms with Crippen LogP contribution in [0.3, 0.4) is 0 Å². The van der Waals surface area contributed by atoms with Gasteiger partial charge in [-0.2, -0.15) is 20.1 Å². The summed E-state index contributed by atoms with van der Waals surface area (Å²) in [6.07, 6.45) is 6.28. The van der Waals surface area contributed by atoms with Crippen molar-refractivity contribution < 1.29 is 0 Å². The lowest BCUT2D eigenvalue weighted by molar-refractivity contribution is 0.695. The molecule has 27 heavy (non-hydrogen) atoms. The summed E-state index contributed by atoms with van der Waals surface area (Å²) in [5, 5.41) is 22.1. The normalized spacial score (nSPS) is 13.9. The molecule has 1 N–H and O–H groups in total. The van der Waals surface area contributed by atoms with Crippen molar-refractivity contribution in [3.8, 4) is 11.1 Å². The summed E-state index contributed by atoms with van der Waals surface area (Å²) in [5.74, 6) is 0.711. The molecule has 0 aliphatic heterocycles. The van der Waals surface area contributed by atoms with Gasteiger partial charge in [0.15, 0.2) is 0 Å². The van der Waals surface area contributed by atoms with Gasteiger partial charge in [-0.1, -0.05) is 0 Å². The molecule has 0 fully saturated rings. The first-order valence-electron chi connectivity index (χ1n) is 8.93. The van der Waals surface area contributed by atoms with Crippen LogP contribution in [0.25, 0.3) is 5.00 Å². The van der Waals surface area contributed by atoms with Gasteiger partial charge in [-0.25, -0.2) is 0 Å². The van der Waals surface area contributed by atoms with Crippen molar-refractivity contribution in [2.45, 2.75) is 46.5 Å². The second-order valence-corrected chi connectivity index (χ2v) is 8.27. The van der Waals surface area contributed by atoms with E-state index in [1.165, 1.54) is 23.3 Å². The number of nitriles is 1. The number of thiophene rings is 1. The number of nitrogens with zero attached hydrogens (tertiary/aromatic N) is 5. The van der Waals surface area contributed by atoms with E-state index >= 15 is 0 Å². The molecular formula is C19H20N6S2. The summed E-state index contributed by atoms with van der Waals surface area (Å²) in [6, 6.07) is 4.56. The maximum Gasteiger partial charge on any atom is 0.216 e. The molecule has 1 aliphatic rings. The Hall–Kier alpha value is -2.50. The highest BCUT2D eigenvalue weighted by Gasteiger charge is 2.23. The number of hydrogen-bond acceptors (Lipinski definition) is 5. The highest BCUT2D eigenvalue weighted by atomic mass is 32.1. The standard InChI is InChI=1S/C19H20N6S2/c1-11-8-14(10-21-25-13(3)22-23-19(25)26)12(2)24(11)18-16(9-20)15-6-4-5-7-17(15)27-18/h8,10H,4-7H2,1-3H3,(H,23,26)/b21-10-. The van der Waals surface area contributed by atoms with Crippen LogP contribution in [0.1, 0.15) is 51.6 Å². The van der Waals surface area contributed by atoms with Crippen molar-refractivity contribution >= 4 is 29.8 Å². The Morgan fingerprint density at radius 2 is 2.11 bits per heavy atom. The molecule has 6 nitrogen and oxygen atoms in total. The topological polar surface area (TPSA) is 74.7 Å². The average molecular weight is 397 g/mol. The lowest BCUT2D eigenvalue weighted by atomic mass is 9.96. The highest BCUT2D eigenvalue weighted by molar-refractivity contribution is 7.71. The first-order chi connectivity index (χ1) is 13.0. The van der Waals surface area contributed by atoms with Crippen molar-refractivity contribution in [2.75, 3.05) is 0 Å². The van der Waals surface area contributed by atoms with E-state index in [1.54, 1.807) is 22.2 Å². The SMILES string of the molecule is Cc1cc(/C=N\n2c(C)n[nH]c2=S)c(C)n1-c1sc2c(c1C#N)CCCC2. The molecule has 0 radical (unpaired) electrons. The molecular weight excluding hydrogens is 376 g/mol. The highest BCUT2D eigenvalue weighted by Crippen LogP contribution is 2.38. The fourth-order valence-electron chi connectivity index (χ4n) is 3.68. The van der Waals surface area contributed by atoms with Crippen LogP contribution in [0.15, 0.2) is 11.2 Å². The van der Waals surface area contributed by atoms with Crippen LogP contribution in [0.2, 0.25) is 0 Å². The van der Waals surface area contributed by atoms with Crippen molar-refractivity contribution in [3.05, 3.63) is 49.6 Å². The van der Waals surface area contributed by atoms with Crippen molar-refractivity contribution in [1.82, 2.24) is 19.4 Å². The Bertz CT molecular complexity index is 1150. The Morgan fingerprint density at radius 1 is 1.33 bits per heavy atom. The monoisotopic (exact) mass is 396 g/mol. The van der Waals surface area contributed by atoms with Crippen LogP contribution in [-0.4, -0.2) is 25.7 Å². The summed E-state index contributed by atoms with van der Waals surface area (Å²) in [6.45, 7) is 5.98. The molecule has 0 saturated carbocycles. The van der Waals surface area contributed by atoms with E-state index in [2.05, 4.69) is 45.8 Å². The molecule has 3 aromatic rings. The zero-order valence-electron chi connectivity index (χ0n) is 15.5. The van der Waals surface area contributed by atoms with E-state index in [1.807, 2.05) is 6.92 Å². The minimum Gasteiger partial charge on any atom is -0.308 e. The van der Waals surface area contributed by atoms with Gasteiger partial charge in [0.25, 0.3) is 0 Å². The molecule has 0 atom stereocenters. The fourth-order valence-corrected chi connectivity index (χ4v) is 5.36. The quantitative estimate of drug-likeness (QED) is 0.528.